The Kier molecular flexibility index (Phi) is 5.97. The number of nitriles is 1. The van der Waals surface area contributed by atoms with Gasteiger partial charge in [-0.25, -0.2) is 0 Å². The molecule has 0 aliphatic carbocycles. The Bertz CT molecular complexity index is 176. The molecule has 12 heavy (non-hydrogen) atoms. The number of aliphatic hydroxyl groups is 1. The molecule has 1 atom stereocenters. The predicted octanol–water partition coefficient (Wildman–Crippen LogP) is -0.708. The second-order valence-electron chi connectivity index (χ2n) is 2.26. The molecule has 0 aromatic rings. The van der Waals surface area contributed by atoms with Gasteiger partial charge in [-0.2, -0.15) is 5.26 Å². The van der Waals surface area contributed by atoms with E-state index in [1.54, 1.807) is 6.07 Å². The molecule has 68 valence electrons. The lowest BCUT2D eigenvalue weighted by Crippen LogP contribution is -2.45. The summed E-state index contributed by atoms with van der Waals surface area (Å²) in [5, 5.41) is 22.0. The van der Waals surface area contributed by atoms with Crippen LogP contribution in [0.4, 0.5) is 0 Å². The maximum absolute atomic E-state index is 10.7. The Hall–Kier alpha value is -1.12. The molecule has 0 spiro atoms. The normalized spacial score (nSPS) is 11.8. The standard InChI is InChI=1S/C7H13N3O2/c1-2-5-9-7(12)10-6(11)3-4-8/h7,9,12H,2-3,5H2,1H3,(H,10,11). The van der Waals surface area contributed by atoms with Gasteiger partial charge in [-0.05, 0) is 13.0 Å². The molecule has 0 aliphatic rings. The highest BCUT2D eigenvalue weighted by atomic mass is 16.3. The average molecular weight is 171 g/mol. The second kappa shape index (κ2) is 6.58. The largest absolute Gasteiger partial charge is 0.361 e. The first-order valence-corrected chi connectivity index (χ1v) is 3.78. The fourth-order valence-electron chi connectivity index (χ4n) is 0.607. The minimum Gasteiger partial charge on any atom is -0.361 e. The fraction of sp³-hybridized carbons (Fsp3) is 0.714. The van der Waals surface area contributed by atoms with Crippen molar-refractivity contribution in [1.82, 2.24) is 10.6 Å². The van der Waals surface area contributed by atoms with Crippen LogP contribution in [0.2, 0.25) is 0 Å². The van der Waals surface area contributed by atoms with E-state index in [1.165, 1.54) is 0 Å². The van der Waals surface area contributed by atoms with Gasteiger partial charge in [-0.3, -0.25) is 10.1 Å². The van der Waals surface area contributed by atoms with Crippen molar-refractivity contribution >= 4 is 5.91 Å². The van der Waals surface area contributed by atoms with Crippen molar-refractivity contribution in [2.75, 3.05) is 6.54 Å². The maximum Gasteiger partial charge on any atom is 0.237 e. The third-order valence-corrected chi connectivity index (χ3v) is 1.13. The molecule has 0 heterocycles. The van der Waals surface area contributed by atoms with Crippen molar-refractivity contribution in [1.29, 1.82) is 5.26 Å². The molecule has 0 saturated heterocycles. The Balaban J connectivity index is 3.48. The summed E-state index contributed by atoms with van der Waals surface area (Å²) in [5.41, 5.74) is 0. The Labute approximate surface area is 71.4 Å². The quantitative estimate of drug-likeness (QED) is 0.477. The van der Waals surface area contributed by atoms with Gasteiger partial charge in [0, 0.05) is 0 Å². The van der Waals surface area contributed by atoms with Gasteiger partial charge in [0.25, 0.3) is 0 Å². The third-order valence-electron chi connectivity index (χ3n) is 1.13. The number of nitrogens with zero attached hydrogens (tertiary/aromatic N) is 1. The van der Waals surface area contributed by atoms with E-state index in [0.29, 0.717) is 6.54 Å². The summed E-state index contributed by atoms with van der Waals surface area (Å²) in [6, 6.07) is 1.68. The van der Waals surface area contributed by atoms with Gasteiger partial charge < -0.3 is 10.4 Å². The van der Waals surface area contributed by atoms with E-state index >= 15 is 0 Å². The van der Waals surface area contributed by atoms with E-state index in [-0.39, 0.29) is 6.42 Å². The first-order valence-electron chi connectivity index (χ1n) is 3.78. The highest BCUT2D eigenvalue weighted by Gasteiger charge is 2.05. The van der Waals surface area contributed by atoms with E-state index < -0.39 is 12.3 Å². The number of hydrogen-bond acceptors (Lipinski definition) is 4. The number of amides is 1. The van der Waals surface area contributed by atoms with Crippen LogP contribution in [0.3, 0.4) is 0 Å². The lowest BCUT2D eigenvalue weighted by molar-refractivity contribution is -0.123. The summed E-state index contributed by atoms with van der Waals surface area (Å²) < 4.78 is 0. The van der Waals surface area contributed by atoms with Gasteiger partial charge >= 0.3 is 0 Å². The number of hydrogen-bond donors (Lipinski definition) is 3. The number of carbonyl (C=O) groups is 1. The Morgan fingerprint density at radius 2 is 2.42 bits per heavy atom. The van der Waals surface area contributed by atoms with Crippen molar-refractivity contribution < 1.29 is 9.90 Å². The molecule has 0 radical (unpaired) electrons. The summed E-state index contributed by atoms with van der Waals surface area (Å²) >= 11 is 0. The average Bonchev–Trinajstić information content (AvgIpc) is 2.01. The zero-order valence-corrected chi connectivity index (χ0v) is 7.00. The topological polar surface area (TPSA) is 85.2 Å². The van der Waals surface area contributed by atoms with E-state index in [9.17, 15) is 4.79 Å². The van der Waals surface area contributed by atoms with Gasteiger partial charge in [-0.15, -0.1) is 0 Å². The minimum absolute atomic E-state index is 0.231. The second-order valence-corrected chi connectivity index (χ2v) is 2.26. The monoisotopic (exact) mass is 171 g/mol. The molecule has 0 aliphatic heterocycles. The molecule has 5 nitrogen and oxygen atoms in total. The molecule has 0 aromatic heterocycles. The molecular formula is C7H13N3O2. The lowest BCUT2D eigenvalue weighted by Gasteiger charge is -2.12. The van der Waals surface area contributed by atoms with E-state index in [1.807, 2.05) is 6.92 Å². The Morgan fingerprint density at radius 3 is 2.92 bits per heavy atom. The maximum atomic E-state index is 10.7. The van der Waals surface area contributed by atoms with Crippen molar-refractivity contribution in [3.8, 4) is 6.07 Å². The van der Waals surface area contributed by atoms with Crippen LogP contribution in [-0.2, 0) is 4.79 Å². The molecule has 3 N–H and O–H groups in total. The van der Waals surface area contributed by atoms with Gasteiger partial charge in [0.1, 0.15) is 6.42 Å². The lowest BCUT2D eigenvalue weighted by atomic mass is 10.4. The molecule has 1 unspecified atom stereocenters. The summed E-state index contributed by atoms with van der Waals surface area (Å²) in [5.74, 6) is -0.478. The number of aliphatic hydroxyl groups excluding tert-OH is 1. The number of carbonyl (C=O) groups excluding carboxylic acids is 1. The smallest absolute Gasteiger partial charge is 0.237 e. The molecule has 0 fully saturated rings. The van der Waals surface area contributed by atoms with Crippen LogP contribution in [0.15, 0.2) is 0 Å². The summed E-state index contributed by atoms with van der Waals surface area (Å²) in [6.45, 7) is 2.56. The number of nitrogens with one attached hydrogen (secondary N) is 2. The SMILES string of the molecule is CCCNC(O)NC(=O)CC#N. The van der Waals surface area contributed by atoms with Crippen molar-refractivity contribution in [3.05, 3.63) is 0 Å². The highest BCUT2D eigenvalue weighted by Crippen LogP contribution is 1.78. The summed E-state index contributed by atoms with van der Waals surface area (Å²) in [6.07, 6.45) is -0.415. The van der Waals surface area contributed by atoms with E-state index in [0.717, 1.165) is 6.42 Å². The molecule has 1 amide bonds. The van der Waals surface area contributed by atoms with Crippen LogP contribution in [0.5, 0.6) is 0 Å². The highest BCUT2D eigenvalue weighted by molar-refractivity contribution is 5.78. The molecule has 0 saturated carbocycles. The van der Waals surface area contributed by atoms with Crippen molar-refractivity contribution in [2.24, 2.45) is 0 Å². The number of rotatable bonds is 5. The predicted molar refractivity (Wildman–Crippen MR) is 42.7 cm³/mol. The van der Waals surface area contributed by atoms with Gasteiger partial charge in [0.05, 0.1) is 6.07 Å². The zero-order chi connectivity index (χ0) is 9.40. The van der Waals surface area contributed by atoms with Crippen LogP contribution in [0, 0.1) is 11.3 Å². The van der Waals surface area contributed by atoms with Crippen molar-refractivity contribution in [2.45, 2.75) is 26.1 Å². The van der Waals surface area contributed by atoms with Gasteiger partial charge in [0.2, 0.25) is 5.91 Å². The summed E-state index contributed by atoms with van der Waals surface area (Å²) in [4.78, 5) is 10.7. The van der Waals surface area contributed by atoms with Gasteiger partial charge in [0.15, 0.2) is 6.35 Å². The molecule has 0 rings (SSSR count). The van der Waals surface area contributed by atoms with Gasteiger partial charge in [-0.1, -0.05) is 6.92 Å². The van der Waals surface area contributed by atoms with Crippen LogP contribution >= 0.6 is 0 Å². The molecule has 0 aromatic carbocycles. The molecule has 0 bridgehead atoms. The zero-order valence-electron chi connectivity index (χ0n) is 7.00. The molecule has 5 heteroatoms. The van der Waals surface area contributed by atoms with Crippen LogP contribution < -0.4 is 10.6 Å². The Morgan fingerprint density at radius 1 is 1.75 bits per heavy atom. The van der Waals surface area contributed by atoms with E-state index in [2.05, 4.69) is 10.6 Å². The van der Waals surface area contributed by atoms with Crippen LogP contribution in [0.25, 0.3) is 0 Å². The minimum atomic E-state index is -1.05. The van der Waals surface area contributed by atoms with Crippen molar-refractivity contribution in [3.63, 3.8) is 0 Å². The first kappa shape index (κ1) is 10.9. The fourth-order valence-corrected chi connectivity index (χ4v) is 0.607. The third kappa shape index (κ3) is 5.65. The first-order chi connectivity index (χ1) is 5.70. The van der Waals surface area contributed by atoms with Crippen LogP contribution in [-0.4, -0.2) is 23.9 Å². The summed E-state index contributed by atoms with van der Waals surface area (Å²) in [7, 11) is 0. The van der Waals surface area contributed by atoms with Crippen LogP contribution in [0.1, 0.15) is 19.8 Å². The van der Waals surface area contributed by atoms with E-state index in [4.69, 9.17) is 10.4 Å². The molecular weight excluding hydrogens is 158 g/mol.